The van der Waals surface area contributed by atoms with Crippen LogP contribution in [0.15, 0.2) is 48.5 Å². The minimum absolute atomic E-state index is 0.00869. The van der Waals surface area contributed by atoms with Gasteiger partial charge >= 0.3 is 0 Å². The zero-order valence-electron chi connectivity index (χ0n) is 15.8. The minimum atomic E-state index is -0.228. The van der Waals surface area contributed by atoms with Crippen LogP contribution in [0.1, 0.15) is 47.9 Å². The molecular weight excluding hydrogens is 338 g/mol. The molecule has 1 aliphatic rings. The average molecular weight is 365 g/mol. The van der Waals surface area contributed by atoms with Crippen LogP contribution < -0.4 is 0 Å². The molecule has 0 unspecified atom stereocenters. The summed E-state index contributed by atoms with van der Waals surface area (Å²) in [6.45, 7) is 3.47. The van der Waals surface area contributed by atoms with Gasteiger partial charge in [0.1, 0.15) is 5.75 Å². The summed E-state index contributed by atoms with van der Waals surface area (Å²) in [6.07, 6.45) is 6.33. The Morgan fingerprint density at radius 2 is 1.96 bits per heavy atom. The van der Waals surface area contributed by atoms with Crippen molar-refractivity contribution >= 4 is 12.0 Å². The summed E-state index contributed by atoms with van der Waals surface area (Å²) in [4.78, 5) is 14.4. The highest BCUT2D eigenvalue weighted by Gasteiger charge is 2.22. The Morgan fingerprint density at radius 3 is 2.67 bits per heavy atom. The number of aliphatic hydroxyl groups excluding tert-OH is 1. The smallest absolute Gasteiger partial charge is 0.246 e. The first-order chi connectivity index (χ1) is 13.1. The first-order valence-corrected chi connectivity index (χ1v) is 9.59. The molecule has 1 amide bonds. The number of carbonyl (C=O) groups excluding carboxylic acids is 1. The predicted octanol–water partition coefficient (Wildman–Crippen LogP) is 3.87. The number of benzene rings is 2. The Balaban J connectivity index is 1.58. The van der Waals surface area contributed by atoms with Crippen LogP contribution in [0.2, 0.25) is 0 Å². The molecule has 27 heavy (non-hydrogen) atoms. The van der Waals surface area contributed by atoms with Crippen LogP contribution in [0.5, 0.6) is 5.75 Å². The van der Waals surface area contributed by atoms with Crippen molar-refractivity contribution in [3.63, 3.8) is 0 Å². The number of rotatable bonds is 5. The van der Waals surface area contributed by atoms with Crippen molar-refractivity contribution in [2.45, 2.75) is 38.7 Å². The Hall–Kier alpha value is -2.59. The molecular formula is C23H27NO3. The topological polar surface area (TPSA) is 60.8 Å². The lowest BCUT2D eigenvalue weighted by molar-refractivity contribution is -0.126. The first-order valence-electron chi connectivity index (χ1n) is 9.59. The molecule has 0 atom stereocenters. The van der Waals surface area contributed by atoms with Crippen LogP contribution in [0.4, 0.5) is 0 Å². The second-order valence-electron chi connectivity index (χ2n) is 7.08. The van der Waals surface area contributed by atoms with Crippen LogP contribution in [-0.2, 0) is 17.8 Å². The van der Waals surface area contributed by atoms with Crippen LogP contribution in [-0.4, -0.2) is 34.1 Å². The van der Waals surface area contributed by atoms with Gasteiger partial charge in [0, 0.05) is 24.7 Å². The van der Waals surface area contributed by atoms with E-state index < -0.39 is 0 Å². The molecule has 2 N–H and O–H groups in total. The fraction of sp³-hybridized carbons (Fsp3) is 0.348. The van der Waals surface area contributed by atoms with Crippen molar-refractivity contribution in [1.82, 2.24) is 4.90 Å². The van der Waals surface area contributed by atoms with E-state index in [2.05, 4.69) is 31.2 Å². The minimum Gasteiger partial charge on any atom is -0.508 e. The third kappa shape index (κ3) is 4.77. The van der Waals surface area contributed by atoms with Crippen LogP contribution in [0.3, 0.4) is 0 Å². The lowest BCUT2D eigenvalue weighted by Gasteiger charge is -2.31. The highest BCUT2D eigenvalue weighted by molar-refractivity contribution is 5.91. The number of hydrogen-bond donors (Lipinski definition) is 2. The van der Waals surface area contributed by atoms with E-state index in [4.69, 9.17) is 0 Å². The fourth-order valence-electron chi connectivity index (χ4n) is 3.61. The largest absolute Gasteiger partial charge is 0.508 e. The van der Waals surface area contributed by atoms with Gasteiger partial charge in [0.25, 0.3) is 0 Å². The molecule has 0 spiro atoms. The maximum Gasteiger partial charge on any atom is 0.246 e. The monoisotopic (exact) mass is 365 g/mol. The molecule has 2 aromatic carbocycles. The van der Waals surface area contributed by atoms with E-state index >= 15 is 0 Å². The Morgan fingerprint density at radius 1 is 1.19 bits per heavy atom. The number of piperidine rings is 1. The van der Waals surface area contributed by atoms with Gasteiger partial charge in [0.15, 0.2) is 0 Å². The van der Waals surface area contributed by atoms with E-state index in [1.54, 1.807) is 24.3 Å². The van der Waals surface area contributed by atoms with Crippen molar-refractivity contribution in [1.29, 1.82) is 0 Å². The number of aromatic hydroxyl groups is 1. The van der Waals surface area contributed by atoms with Gasteiger partial charge in [0.05, 0.1) is 6.61 Å². The molecule has 142 valence electrons. The zero-order valence-corrected chi connectivity index (χ0v) is 15.8. The average Bonchev–Trinajstić information content (AvgIpc) is 2.73. The van der Waals surface area contributed by atoms with E-state index in [-0.39, 0.29) is 18.3 Å². The van der Waals surface area contributed by atoms with Gasteiger partial charge in [-0.2, -0.15) is 0 Å². The molecule has 1 heterocycles. The van der Waals surface area contributed by atoms with E-state index in [0.717, 1.165) is 37.9 Å². The number of phenols is 1. The molecule has 1 aliphatic heterocycles. The predicted molar refractivity (Wildman–Crippen MR) is 107 cm³/mol. The molecule has 0 aromatic heterocycles. The van der Waals surface area contributed by atoms with Gasteiger partial charge in [-0.3, -0.25) is 4.79 Å². The van der Waals surface area contributed by atoms with E-state index in [0.29, 0.717) is 11.5 Å². The van der Waals surface area contributed by atoms with Gasteiger partial charge in [-0.25, -0.2) is 0 Å². The van der Waals surface area contributed by atoms with Gasteiger partial charge in [-0.15, -0.1) is 0 Å². The van der Waals surface area contributed by atoms with Crippen LogP contribution in [0, 0.1) is 0 Å². The second-order valence-corrected chi connectivity index (χ2v) is 7.08. The lowest BCUT2D eigenvalue weighted by Crippen LogP contribution is -2.36. The third-order valence-corrected chi connectivity index (χ3v) is 5.33. The summed E-state index contributed by atoms with van der Waals surface area (Å²) in [5.41, 5.74) is 4.00. The normalized spacial score (nSPS) is 15.4. The standard InChI is InChI=1S/C23H27NO3/c1-2-17-4-3-5-20(14-17)19-10-12-24(13-11-19)23(27)9-7-18-6-8-22(26)21(15-18)16-25/h3-9,14-15,19,25-26H,2,10-13,16H2,1H3/b9-7+. The van der Waals surface area contributed by atoms with Gasteiger partial charge in [-0.05, 0) is 60.1 Å². The number of carbonyl (C=O) groups is 1. The number of amides is 1. The summed E-state index contributed by atoms with van der Waals surface area (Å²) >= 11 is 0. The zero-order chi connectivity index (χ0) is 19.2. The quantitative estimate of drug-likeness (QED) is 0.791. The number of likely N-dealkylation sites (tertiary alicyclic amines) is 1. The second kappa shape index (κ2) is 8.87. The third-order valence-electron chi connectivity index (χ3n) is 5.33. The summed E-state index contributed by atoms with van der Waals surface area (Å²) in [5.74, 6) is 0.596. The molecule has 4 heteroatoms. The highest BCUT2D eigenvalue weighted by atomic mass is 16.3. The first kappa shape index (κ1) is 19.2. The summed E-state index contributed by atoms with van der Waals surface area (Å²) in [7, 11) is 0. The molecule has 2 aromatic rings. The maximum atomic E-state index is 12.5. The number of hydrogen-bond acceptors (Lipinski definition) is 3. The molecule has 1 saturated heterocycles. The molecule has 0 saturated carbocycles. The van der Waals surface area contributed by atoms with Gasteiger partial charge in [-0.1, -0.05) is 37.3 Å². The summed E-state index contributed by atoms with van der Waals surface area (Å²) in [5, 5.41) is 18.8. The van der Waals surface area contributed by atoms with E-state index in [9.17, 15) is 15.0 Å². The number of aliphatic hydroxyl groups is 1. The summed E-state index contributed by atoms with van der Waals surface area (Å²) < 4.78 is 0. The van der Waals surface area contributed by atoms with Crippen molar-refractivity contribution in [3.05, 3.63) is 70.8 Å². The molecule has 4 nitrogen and oxygen atoms in total. The number of aryl methyl sites for hydroxylation is 1. The summed E-state index contributed by atoms with van der Waals surface area (Å²) in [6, 6.07) is 13.7. The fourth-order valence-corrected chi connectivity index (χ4v) is 3.61. The van der Waals surface area contributed by atoms with Crippen molar-refractivity contribution in [2.24, 2.45) is 0 Å². The highest BCUT2D eigenvalue weighted by Crippen LogP contribution is 2.29. The molecule has 1 fully saturated rings. The SMILES string of the molecule is CCc1cccc(C2CCN(C(=O)/C=C/c3ccc(O)c(CO)c3)CC2)c1. The lowest BCUT2D eigenvalue weighted by atomic mass is 9.88. The molecule has 3 rings (SSSR count). The van der Waals surface area contributed by atoms with Gasteiger partial charge in [0.2, 0.25) is 5.91 Å². The Labute approximate surface area is 160 Å². The maximum absolute atomic E-state index is 12.5. The Bertz CT molecular complexity index is 820. The van der Waals surface area contributed by atoms with Gasteiger partial charge < -0.3 is 15.1 Å². The van der Waals surface area contributed by atoms with E-state index in [1.807, 2.05) is 4.90 Å². The van der Waals surface area contributed by atoms with E-state index in [1.165, 1.54) is 17.2 Å². The number of nitrogens with zero attached hydrogens (tertiary/aromatic N) is 1. The van der Waals surface area contributed by atoms with Crippen molar-refractivity contribution in [3.8, 4) is 5.75 Å². The molecule has 0 aliphatic carbocycles. The van der Waals surface area contributed by atoms with Crippen molar-refractivity contribution in [2.75, 3.05) is 13.1 Å². The van der Waals surface area contributed by atoms with Crippen LogP contribution in [0.25, 0.3) is 6.08 Å². The van der Waals surface area contributed by atoms with Crippen LogP contribution >= 0.6 is 0 Å². The van der Waals surface area contributed by atoms with Crippen molar-refractivity contribution < 1.29 is 15.0 Å². The molecule has 0 bridgehead atoms. The Kier molecular flexibility index (Phi) is 6.30. The molecule has 0 radical (unpaired) electrons.